The maximum absolute atomic E-state index is 13.9. The van der Waals surface area contributed by atoms with Gasteiger partial charge in [0.2, 0.25) is 9.84 Å². The van der Waals surface area contributed by atoms with Gasteiger partial charge in [-0.3, -0.25) is 0 Å². The quantitative estimate of drug-likeness (QED) is 0.161. The van der Waals surface area contributed by atoms with E-state index in [1.807, 2.05) is 97.1 Å². The Hall–Kier alpha value is -5.93. The zero-order chi connectivity index (χ0) is 33.9. The summed E-state index contributed by atoms with van der Waals surface area (Å²) < 4.78 is 54.0. The van der Waals surface area contributed by atoms with Gasteiger partial charge >= 0.3 is 0 Å². The molecule has 0 aliphatic rings. The van der Waals surface area contributed by atoms with Crippen LogP contribution in [0.4, 0.5) is 0 Å². The van der Waals surface area contributed by atoms with Crippen LogP contribution in [0.2, 0.25) is 0 Å². The van der Waals surface area contributed by atoms with Crippen molar-refractivity contribution in [2.24, 2.45) is 0 Å². The Labute approximate surface area is 283 Å². The fourth-order valence-electron chi connectivity index (χ4n) is 6.71. The van der Waals surface area contributed by atoms with Crippen molar-refractivity contribution in [2.75, 3.05) is 28.4 Å². The van der Waals surface area contributed by atoms with E-state index in [1.165, 1.54) is 0 Å². The highest BCUT2D eigenvalue weighted by Crippen LogP contribution is 2.38. The first-order chi connectivity index (χ1) is 23.8. The number of rotatable bonds is 8. The lowest BCUT2D eigenvalue weighted by Gasteiger charge is -2.12. The fourth-order valence-corrected chi connectivity index (χ4v) is 7.97. The maximum Gasteiger partial charge on any atom is 0.206 e. The van der Waals surface area contributed by atoms with Crippen LogP contribution in [-0.4, -0.2) is 46.0 Å². The van der Waals surface area contributed by atoms with Crippen LogP contribution in [0.5, 0.6) is 23.0 Å². The SMILES string of the molecule is COc1ccc2c(c1)c1cc(OC)ccc1n2-c1ccc(S(=O)(=O)c2ccc(-n3c4ccc(OC)cc4c4cc(OC)ccc43)cc2)cc1. The summed E-state index contributed by atoms with van der Waals surface area (Å²) in [6.45, 7) is 0. The van der Waals surface area contributed by atoms with Crippen LogP contribution in [0.3, 0.4) is 0 Å². The molecule has 0 amide bonds. The van der Waals surface area contributed by atoms with Crippen LogP contribution in [0.1, 0.15) is 0 Å². The van der Waals surface area contributed by atoms with E-state index >= 15 is 0 Å². The molecule has 0 spiro atoms. The highest BCUT2D eigenvalue weighted by Gasteiger charge is 2.21. The Morgan fingerprint density at radius 3 is 0.898 bits per heavy atom. The number of methoxy groups -OCH3 is 4. The number of benzene rings is 6. The summed E-state index contributed by atoms with van der Waals surface area (Å²) >= 11 is 0. The van der Waals surface area contributed by atoms with Crippen LogP contribution in [0.25, 0.3) is 55.0 Å². The minimum atomic E-state index is -3.80. The number of hydrogen-bond donors (Lipinski definition) is 0. The van der Waals surface area contributed by atoms with Gasteiger partial charge in [0, 0.05) is 32.9 Å². The summed E-state index contributed by atoms with van der Waals surface area (Å²) in [4.78, 5) is 0.424. The summed E-state index contributed by atoms with van der Waals surface area (Å²) in [5.41, 5.74) is 5.55. The molecule has 0 atom stereocenters. The number of sulfone groups is 1. The maximum atomic E-state index is 13.9. The molecule has 8 nitrogen and oxygen atoms in total. The van der Waals surface area contributed by atoms with E-state index in [-0.39, 0.29) is 9.79 Å². The van der Waals surface area contributed by atoms with Crippen LogP contribution in [0, 0.1) is 0 Å². The van der Waals surface area contributed by atoms with Gasteiger partial charge < -0.3 is 28.1 Å². The molecule has 0 bridgehead atoms. The molecule has 8 rings (SSSR count). The highest BCUT2D eigenvalue weighted by atomic mass is 32.2. The third-order valence-corrected chi connectivity index (χ3v) is 11.0. The first-order valence-electron chi connectivity index (χ1n) is 15.6. The third kappa shape index (κ3) is 4.85. The number of hydrogen-bond acceptors (Lipinski definition) is 6. The Bertz CT molecular complexity index is 2350. The van der Waals surface area contributed by atoms with E-state index in [0.717, 1.165) is 78.0 Å². The molecule has 2 heterocycles. The molecule has 0 radical (unpaired) electrons. The molecule has 0 unspecified atom stereocenters. The first kappa shape index (κ1) is 30.4. The number of fused-ring (bicyclic) bond motifs is 6. The van der Waals surface area contributed by atoms with E-state index in [2.05, 4.69) is 9.13 Å². The van der Waals surface area contributed by atoms with Crippen molar-refractivity contribution in [3.63, 3.8) is 0 Å². The monoisotopic (exact) mass is 668 g/mol. The summed E-state index contributed by atoms with van der Waals surface area (Å²) in [7, 11) is 2.78. The predicted octanol–water partition coefficient (Wildman–Crippen LogP) is 8.75. The van der Waals surface area contributed by atoms with Crippen molar-refractivity contribution < 1.29 is 27.4 Å². The predicted molar refractivity (Wildman–Crippen MR) is 193 cm³/mol. The molecule has 49 heavy (non-hydrogen) atoms. The molecule has 0 N–H and O–H groups in total. The lowest BCUT2D eigenvalue weighted by Crippen LogP contribution is -2.03. The molecule has 9 heteroatoms. The van der Waals surface area contributed by atoms with Gasteiger partial charge in [-0.1, -0.05) is 0 Å². The second-order valence-electron chi connectivity index (χ2n) is 11.7. The zero-order valence-corrected chi connectivity index (χ0v) is 28.1. The summed E-state index contributed by atoms with van der Waals surface area (Å²) in [5.74, 6) is 3.00. The van der Waals surface area contributed by atoms with Gasteiger partial charge in [-0.25, -0.2) is 8.42 Å². The molecule has 0 aliphatic carbocycles. The van der Waals surface area contributed by atoms with E-state index in [4.69, 9.17) is 18.9 Å². The van der Waals surface area contributed by atoms with E-state index < -0.39 is 9.84 Å². The molecule has 0 aliphatic heterocycles. The molecule has 8 aromatic rings. The second-order valence-corrected chi connectivity index (χ2v) is 13.6. The Kier molecular flexibility index (Phi) is 7.22. The lowest BCUT2D eigenvalue weighted by atomic mass is 10.1. The fraction of sp³-hybridized carbons (Fsp3) is 0.100. The van der Waals surface area contributed by atoms with Gasteiger partial charge in [-0.05, 0) is 121 Å². The minimum absolute atomic E-state index is 0.212. The van der Waals surface area contributed by atoms with Crippen LogP contribution in [0.15, 0.2) is 131 Å². The summed E-state index contributed by atoms with van der Waals surface area (Å²) in [6.07, 6.45) is 0. The van der Waals surface area contributed by atoms with Crippen molar-refractivity contribution in [1.29, 1.82) is 0 Å². The average molecular weight is 669 g/mol. The van der Waals surface area contributed by atoms with Crippen LogP contribution >= 0.6 is 0 Å². The van der Waals surface area contributed by atoms with Gasteiger partial charge in [-0.2, -0.15) is 0 Å². The third-order valence-electron chi connectivity index (χ3n) is 9.17. The van der Waals surface area contributed by atoms with Crippen molar-refractivity contribution in [3.8, 4) is 34.4 Å². The largest absolute Gasteiger partial charge is 0.497 e. The van der Waals surface area contributed by atoms with E-state index in [0.29, 0.717) is 0 Å². The number of ether oxygens (including phenoxy) is 4. The number of nitrogens with zero attached hydrogens (tertiary/aromatic N) is 2. The van der Waals surface area contributed by atoms with Crippen molar-refractivity contribution in [3.05, 3.63) is 121 Å². The zero-order valence-electron chi connectivity index (χ0n) is 27.3. The first-order valence-corrected chi connectivity index (χ1v) is 17.1. The molecule has 6 aromatic carbocycles. The van der Waals surface area contributed by atoms with Gasteiger partial charge in [0.1, 0.15) is 23.0 Å². The summed E-state index contributed by atoms with van der Waals surface area (Å²) in [5, 5.41) is 4.02. The highest BCUT2D eigenvalue weighted by molar-refractivity contribution is 7.91. The Morgan fingerprint density at radius 1 is 0.388 bits per heavy atom. The molecule has 0 saturated heterocycles. The number of aromatic nitrogens is 2. The van der Waals surface area contributed by atoms with Gasteiger partial charge in [0.25, 0.3) is 0 Å². The average Bonchev–Trinajstić information content (AvgIpc) is 3.65. The van der Waals surface area contributed by atoms with Gasteiger partial charge in [0.05, 0.1) is 60.3 Å². The molecule has 2 aromatic heterocycles. The van der Waals surface area contributed by atoms with Crippen molar-refractivity contribution in [1.82, 2.24) is 9.13 Å². The lowest BCUT2D eigenvalue weighted by molar-refractivity contribution is 0.415. The summed E-state index contributed by atoms with van der Waals surface area (Å²) in [6, 6.07) is 37.8. The normalized spacial score (nSPS) is 11.8. The molecular formula is C40H32N2O6S. The Morgan fingerprint density at radius 2 is 0.653 bits per heavy atom. The van der Waals surface area contributed by atoms with Crippen molar-refractivity contribution >= 4 is 53.4 Å². The van der Waals surface area contributed by atoms with Crippen LogP contribution < -0.4 is 18.9 Å². The molecule has 0 fully saturated rings. The van der Waals surface area contributed by atoms with Gasteiger partial charge in [0.15, 0.2) is 0 Å². The molecule has 0 saturated carbocycles. The molecular weight excluding hydrogens is 637 g/mol. The minimum Gasteiger partial charge on any atom is -0.497 e. The molecule has 244 valence electrons. The van der Waals surface area contributed by atoms with Crippen molar-refractivity contribution in [2.45, 2.75) is 9.79 Å². The van der Waals surface area contributed by atoms with Crippen LogP contribution in [-0.2, 0) is 9.84 Å². The van der Waals surface area contributed by atoms with E-state index in [9.17, 15) is 8.42 Å². The van der Waals surface area contributed by atoms with Gasteiger partial charge in [-0.15, -0.1) is 0 Å². The standard InChI is InChI=1S/C40H32N2O6S/c1-45-27-9-17-37-33(21-27)34-22-28(46-2)10-18-38(34)41(37)25-5-13-31(14-6-25)49(43,44)32-15-7-26(8-16-32)42-39-19-11-29(47-3)23-35(39)36-24-30(48-4)12-20-40(36)42/h5-24H,1-4H3. The second kappa shape index (κ2) is 11.6. The smallest absolute Gasteiger partial charge is 0.206 e. The topological polar surface area (TPSA) is 80.9 Å². The Balaban J connectivity index is 1.17. The van der Waals surface area contributed by atoms with E-state index in [1.54, 1.807) is 52.7 Å².